The number of hydrogen-bond donors (Lipinski definition) is 3. The lowest BCUT2D eigenvalue weighted by Gasteiger charge is -2.27. The number of amides is 1. The Morgan fingerprint density at radius 1 is 1.03 bits per heavy atom. The summed E-state index contributed by atoms with van der Waals surface area (Å²) in [5.74, 6) is -0.0391. The number of carbonyl (C=O) groups excluding carboxylic acids is 1. The molecule has 2 aromatic heterocycles. The molecule has 3 aromatic rings. The average Bonchev–Trinajstić information content (AvgIpc) is 3.55. The molecule has 0 saturated carbocycles. The van der Waals surface area contributed by atoms with Gasteiger partial charge >= 0.3 is 0 Å². The van der Waals surface area contributed by atoms with Gasteiger partial charge in [0, 0.05) is 70.2 Å². The molecule has 2 unspecified atom stereocenters. The molecule has 1 saturated heterocycles. The van der Waals surface area contributed by atoms with Crippen LogP contribution in [0.25, 0.3) is 27.6 Å². The number of fused-ring (bicyclic) bond motifs is 2. The van der Waals surface area contributed by atoms with E-state index < -0.39 is 0 Å². The SMILES string of the molecule is O=C(c1[nH]cc(-c2c[nH]c3cc(Cl)c(Cl)cc23)c1C1=CNC2C=CC(Cl)=CC12)N1CCOCC1. The Bertz CT molecular complexity index is 1390. The second-order valence-electron chi connectivity index (χ2n) is 8.60. The second kappa shape index (κ2) is 8.54. The number of benzene rings is 1. The molecule has 0 radical (unpaired) electrons. The van der Waals surface area contributed by atoms with E-state index in [9.17, 15) is 4.79 Å². The quantitative estimate of drug-likeness (QED) is 0.427. The number of rotatable bonds is 3. The highest BCUT2D eigenvalue weighted by atomic mass is 35.5. The van der Waals surface area contributed by atoms with E-state index in [0.29, 0.717) is 47.1 Å². The van der Waals surface area contributed by atoms with Gasteiger partial charge in [0.25, 0.3) is 5.91 Å². The van der Waals surface area contributed by atoms with Crippen LogP contribution in [0.15, 0.2) is 54.0 Å². The minimum Gasteiger partial charge on any atom is -0.383 e. The van der Waals surface area contributed by atoms with Gasteiger partial charge in [0.15, 0.2) is 0 Å². The molecule has 6 nitrogen and oxygen atoms in total. The number of H-pyrrole nitrogens is 2. The lowest BCUT2D eigenvalue weighted by molar-refractivity contribution is 0.0299. The van der Waals surface area contributed by atoms with E-state index in [1.165, 1.54) is 0 Å². The van der Waals surface area contributed by atoms with E-state index in [0.717, 1.165) is 33.2 Å². The first-order chi connectivity index (χ1) is 16.5. The molecule has 1 fully saturated rings. The van der Waals surface area contributed by atoms with Crippen LogP contribution in [0.5, 0.6) is 0 Å². The van der Waals surface area contributed by atoms with Gasteiger partial charge in [-0.15, -0.1) is 0 Å². The number of carbonyl (C=O) groups is 1. The maximum atomic E-state index is 13.6. The number of aromatic nitrogens is 2. The Morgan fingerprint density at radius 3 is 2.62 bits per heavy atom. The zero-order valence-corrected chi connectivity index (χ0v) is 20.3. The average molecular weight is 516 g/mol. The molecule has 0 spiro atoms. The van der Waals surface area contributed by atoms with Crippen molar-refractivity contribution in [1.29, 1.82) is 0 Å². The monoisotopic (exact) mass is 514 g/mol. The number of aromatic amines is 2. The summed E-state index contributed by atoms with van der Waals surface area (Å²) in [7, 11) is 0. The van der Waals surface area contributed by atoms with Crippen LogP contribution in [0.2, 0.25) is 10.0 Å². The van der Waals surface area contributed by atoms with Crippen molar-refractivity contribution in [3.8, 4) is 11.1 Å². The number of morpholine rings is 1. The van der Waals surface area contributed by atoms with Gasteiger partial charge in [-0.3, -0.25) is 4.79 Å². The fraction of sp³-hybridized carbons (Fsp3) is 0.240. The fourth-order valence-corrected chi connectivity index (χ4v) is 5.51. The maximum Gasteiger partial charge on any atom is 0.271 e. The highest BCUT2D eigenvalue weighted by Gasteiger charge is 2.35. The summed E-state index contributed by atoms with van der Waals surface area (Å²) in [5, 5.41) is 6.01. The first-order valence-corrected chi connectivity index (χ1v) is 12.2. The van der Waals surface area contributed by atoms with Crippen molar-refractivity contribution in [1.82, 2.24) is 20.2 Å². The van der Waals surface area contributed by atoms with Crippen LogP contribution in [-0.2, 0) is 4.74 Å². The van der Waals surface area contributed by atoms with E-state index in [2.05, 4.69) is 21.4 Å². The molecule has 2 atom stereocenters. The van der Waals surface area contributed by atoms with Crippen molar-refractivity contribution >= 4 is 57.2 Å². The van der Waals surface area contributed by atoms with E-state index in [-0.39, 0.29) is 17.9 Å². The van der Waals surface area contributed by atoms with Crippen LogP contribution in [0.4, 0.5) is 0 Å². The molecule has 9 heteroatoms. The summed E-state index contributed by atoms with van der Waals surface area (Å²) in [6.07, 6.45) is 11.8. The lowest BCUT2D eigenvalue weighted by atomic mass is 9.84. The van der Waals surface area contributed by atoms with E-state index in [4.69, 9.17) is 39.5 Å². The van der Waals surface area contributed by atoms with Crippen LogP contribution in [-0.4, -0.2) is 53.1 Å². The summed E-state index contributed by atoms with van der Waals surface area (Å²) in [4.78, 5) is 22.0. The van der Waals surface area contributed by atoms with Gasteiger partial charge in [0.05, 0.1) is 29.3 Å². The molecule has 1 aromatic carbocycles. The summed E-state index contributed by atoms with van der Waals surface area (Å²) in [5.41, 5.74) is 5.14. The molecular formula is C25H21Cl3N4O2. The van der Waals surface area contributed by atoms with Gasteiger partial charge in [0.1, 0.15) is 5.69 Å². The summed E-state index contributed by atoms with van der Waals surface area (Å²) < 4.78 is 5.45. The number of hydrogen-bond acceptors (Lipinski definition) is 3. The number of allylic oxidation sites excluding steroid dienone is 2. The third-order valence-corrected chi connectivity index (χ3v) is 7.65. The number of nitrogens with one attached hydrogen (secondary N) is 3. The molecule has 3 aliphatic rings. The smallest absolute Gasteiger partial charge is 0.271 e. The molecule has 1 aliphatic carbocycles. The van der Waals surface area contributed by atoms with Crippen molar-refractivity contribution in [3.05, 3.63) is 75.3 Å². The predicted molar refractivity (Wildman–Crippen MR) is 136 cm³/mol. The van der Waals surface area contributed by atoms with Crippen molar-refractivity contribution in [2.45, 2.75) is 6.04 Å². The Kier molecular flexibility index (Phi) is 5.49. The highest BCUT2D eigenvalue weighted by molar-refractivity contribution is 6.43. The maximum absolute atomic E-state index is 13.6. The Morgan fingerprint density at radius 2 is 1.79 bits per heavy atom. The fourth-order valence-electron chi connectivity index (χ4n) is 4.98. The largest absolute Gasteiger partial charge is 0.383 e. The number of ether oxygens (including phenoxy) is 1. The molecule has 1 amide bonds. The van der Waals surface area contributed by atoms with Gasteiger partial charge in [-0.2, -0.15) is 0 Å². The van der Waals surface area contributed by atoms with E-state index in [1.54, 1.807) is 0 Å². The standard InChI is InChI=1S/C25H21Cl3N4O2/c26-13-1-2-21-14(7-13)17(11-29-21)23-18(12-31-24(23)25(33)32-3-5-34-6-4-32)16-10-30-22-9-20(28)19(27)8-15(16)22/h1-2,7-12,14,21,29-31H,3-6H2. The summed E-state index contributed by atoms with van der Waals surface area (Å²) in [6.45, 7) is 2.19. The van der Waals surface area contributed by atoms with Gasteiger partial charge in [-0.25, -0.2) is 0 Å². The Labute approximate surface area is 211 Å². The zero-order chi connectivity index (χ0) is 23.4. The molecular weight excluding hydrogens is 495 g/mol. The minimum absolute atomic E-state index is 0.00604. The highest BCUT2D eigenvalue weighted by Crippen LogP contribution is 2.44. The molecule has 2 aliphatic heterocycles. The third-order valence-electron chi connectivity index (χ3n) is 6.67. The Hall–Kier alpha value is -2.64. The van der Waals surface area contributed by atoms with Gasteiger partial charge in [0.2, 0.25) is 0 Å². The normalized spacial score (nSPS) is 21.9. The molecule has 6 rings (SSSR count). The number of halogens is 3. The van der Waals surface area contributed by atoms with Gasteiger partial charge in [-0.05, 0) is 23.8 Å². The molecule has 174 valence electrons. The first-order valence-electron chi connectivity index (χ1n) is 11.1. The van der Waals surface area contributed by atoms with Crippen LogP contribution >= 0.6 is 34.8 Å². The van der Waals surface area contributed by atoms with Crippen LogP contribution in [0, 0.1) is 5.92 Å². The predicted octanol–water partition coefficient (Wildman–Crippen LogP) is 5.56. The van der Waals surface area contributed by atoms with Crippen molar-refractivity contribution in [2.24, 2.45) is 5.92 Å². The minimum atomic E-state index is -0.0451. The van der Waals surface area contributed by atoms with Crippen molar-refractivity contribution in [2.75, 3.05) is 26.3 Å². The van der Waals surface area contributed by atoms with Crippen LogP contribution < -0.4 is 5.32 Å². The van der Waals surface area contributed by atoms with Gasteiger partial charge < -0.3 is 24.9 Å². The van der Waals surface area contributed by atoms with Crippen LogP contribution in [0.1, 0.15) is 16.1 Å². The lowest BCUT2D eigenvalue weighted by Crippen LogP contribution is -2.41. The van der Waals surface area contributed by atoms with Crippen molar-refractivity contribution in [3.63, 3.8) is 0 Å². The molecule has 34 heavy (non-hydrogen) atoms. The molecule has 3 N–H and O–H groups in total. The molecule has 4 heterocycles. The zero-order valence-electron chi connectivity index (χ0n) is 18.0. The van der Waals surface area contributed by atoms with E-state index >= 15 is 0 Å². The Balaban J connectivity index is 1.52. The van der Waals surface area contributed by atoms with Crippen molar-refractivity contribution < 1.29 is 9.53 Å². The molecule has 0 bridgehead atoms. The summed E-state index contributed by atoms with van der Waals surface area (Å²) >= 11 is 19.0. The first kappa shape index (κ1) is 21.9. The number of nitrogens with zero attached hydrogens (tertiary/aromatic N) is 1. The van der Waals surface area contributed by atoms with Crippen LogP contribution in [0.3, 0.4) is 0 Å². The van der Waals surface area contributed by atoms with Gasteiger partial charge in [-0.1, -0.05) is 47.0 Å². The van der Waals surface area contributed by atoms with E-state index in [1.807, 2.05) is 47.8 Å². The summed E-state index contributed by atoms with van der Waals surface area (Å²) in [6, 6.07) is 3.76. The topological polar surface area (TPSA) is 73.2 Å². The third kappa shape index (κ3) is 3.57. The second-order valence-corrected chi connectivity index (χ2v) is 9.85.